The highest BCUT2D eigenvalue weighted by Crippen LogP contribution is 2.38. The Balaban J connectivity index is 1.53. The molecule has 2 N–H and O–H groups in total. The Labute approximate surface area is 225 Å². The van der Waals surface area contributed by atoms with Crippen LogP contribution in [-0.2, 0) is 36.6 Å². The zero-order valence-corrected chi connectivity index (χ0v) is 21.2. The topological polar surface area (TPSA) is 118 Å². The van der Waals surface area contributed by atoms with E-state index in [4.69, 9.17) is 9.15 Å². The highest BCUT2D eigenvalue weighted by molar-refractivity contribution is 6.39. The number of amides is 3. The fraction of sp³-hybridized carbons (Fsp3) is 0.143. The van der Waals surface area contributed by atoms with Crippen molar-refractivity contribution in [1.82, 2.24) is 5.32 Å². The maximum absolute atomic E-state index is 13.3. The number of halogens is 3. The molecule has 0 saturated carbocycles. The lowest BCUT2D eigenvalue weighted by atomic mass is 10.1. The molecule has 2 aromatic carbocycles. The van der Waals surface area contributed by atoms with Crippen LogP contribution in [0.1, 0.15) is 24.0 Å². The Morgan fingerprint density at radius 1 is 1.00 bits per heavy atom. The fourth-order valence-corrected chi connectivity index (χ4v) is 3.98. The third-order valence-electron chi connectivity index (χ3n) is 5.85. The molecule has 0 atom stereocenters. The minimum absolute atomic E-state index is 0.0749. The second kappa shape index (κ2) is 11.3. The maximum atomic E-state index is 13.3. The summed E-state index contributed by atoms with van der Waals surface area (Å²) in [6.45, 7) is 1.25. The van der Waals surface area contributed by atoms with E-state index in [-0.39, 0.29) is 40.6 Å². The number of nitrogens with zero attached hydrogens (tertiary/aromatic N) is 1. The molecule has 2 heterocycles. The largest absolute Gasteiger partial charge is 0.465 e. The predicted octanol–water partition coefficient (Wildman–Crippen LogP) is 4.43. The SMILES string of the molecule is COC(=O)C1=C(C)N(c2cccc(C(F)(F)F)c2)C(=O)/C1=C/c1ccc(CNC(=O)C(=O)Nc2ccccc2)o1. The van der Waals surface area contributed by atoms with Crippen LogP contribution in [-0.4, -0.2) is 30.8 Å². The first-order chi connectivity index (χ1) is 19.0. The van der Waals surface area contributed by atoms with Crippen molar-refractivity contribution < 1.29 is 41.5 Å². The summed E-state index contributed by atoms with van der Waals surface area (Å²) < 4.78 is 50.2. The number of esters is 1. The molecule has 0 saturated heterocycles. The molecule has 0 aliphatic carbocycles. The molecule has 1 aromatic heterocycles. The van der Waals surface area contributed by atoms with Crippen LogP contribution in [0, 0.1) is 0 Å². The number of ether oxygens (including phenoxy) is 1. The third kappa shape index (κ3) is 5.96. The Bertz CT molecular complexity index is 1540. The zero-order valence-electron chi connectivity index (χ0n) is 21.2. The van der Waals surface area contributed by atoms with Gasteiger partial charge in [0.2, 0.25) is 0 Å². The summed E-state index contributed by atoms with van der Waals surface area (Å²) >= 11 is 0. The van der Waals surface area contributed by atoms with E-state index in [0.29, 0.717) is 5.69 Å². The molecule has 12 heteroatoms. The minimum atomic E-state index is -4.64. The molecular formula is C28H22F3N3O6. The van der Waals surface area contributed by atoms with Crippen molar-refractivity contribution in [3.8, 4) is 0 Å². The van der Waals surface area contributed by atoms with E-state index >= 15 is 0 Å². The molecule has 3 amide bonds. The molecule has 0 spiro atoms. The number of hydrogen-bond acceptors (Lipinski definition) is 6. The molecule has 9 nitrogen and oxygen atoms in total. The molecule has 1 aliphatic rings. The molecule has 40 heavy (non-hydrogen) atoms. The average Bonchev–Trinajstić information content (AvgIpc) is 3.48. The van der Waals surface area contributed by atoms with Crippen LogP contribution in [0.3, 0.4) is 0 Å². The summed E-state index contributed by atoms with van der Waals surface area (Å²) in [6, 6.07) is 15.5. The van der Waals surface area contributed by atoms with Gasteiger partial charge in [0, 0.05) is 17.1 Å². The van der Waals surface area contributed by atoms with Crippen LogP contribution in [0.25, 0.3) is 6.08 Å². The van der Waals surface area contributed by atoms with Crippen molar-refractivity contribution in [2.75, 3.05) is 17.3 Å². The first-order valence-electron chi connectivity index (χ1n) is 11.8. The number of rotatable bonds is 6. The molecule has 0 unspecified atom stereocenters. The first-order valence-corrected chi connectivity index (χ1v) is 11.8. The van der Waals surface area contributed by atoms with Gasteiger partial charge in [-0.25, -0.2) is 4.79 Å². The van der Waals surface area contributed by atoms with Gasteiger partial charge in [0.15, 0.2) is 0 Å². The van der Waals surface area contributed by atoms with Crippen LogP contribution < -0.4 is 15.5 Å². The standard InChI is InChI=1S/C28H22F3N3O6/c1-16-23(27(38)39-2)22(26(37)34(16)19-10-6-7-17(13-19)28(29,30)31)14-20-11-12-21(40-20)15-32-24(35)25(36)33-18-8-4-3-5-9-18/h3-14H,15H2,1-2H3,(H,32,35)(H,33,36)/b22-14+. The van der Waals surface area contributed by atoms with Crippen molar-refractivity contribution in [3.63, 3.8) is 0 Å². The Kier molecular flexibility index (Phi) is 7.89. The van der Waals surface area contributed by atoms with Crippen LogP contribution in [0.4, 0.5) is 24.5 Å². The number of carbonyl (C=O) groups excluding carboxylic acids is 4. The predicted molar refractivity (Wildman–Crippen MR) is 137 cm³/mol. The van der Waals surface area contributed by atoms with E-state index in [2.05, 4.69) is 10.6 Å². The summed E-state index contributed by atoms with van der Waals surface area (Å²) in [4.78, 5) is 51.1. The Morgan fingerprint density at radius 3 is 2.40 bits per heavy atom. The number of carbonyl (C=O) groups is 4. The highest BCUT2D eigenvalue weighted by Gasteiger charge is 2.39. The normalized spacial score (nSPS) is 14.5. The molecule has 0 fully saturated rings. The van der Waals surface area contributed by atoms with E-state index in [1.54, 1.807) is 30.3 Å². The van der Waals surface area contributed by atoms with Crippen LogP contribution in [0.5, 0.6) is 0 Å². The highest BCUT2D eigenvalue weighted by atomic mass is 19.4. The lowest BCUT2D eigenvalue weighted by Crippen LogP contribution is -2.34. The summed E-state index contributed by atoms with van der Waals surface area (Å²) in [6.07, 6.45) is -3.39. The monoisotopic (exact) mass is 553 g/mol. The van der Waals surface area contributed by atoms with Gasteiger partial charge in [-0.1, -0.05) is 24.3 Å². The summed E-state index contributed by atoms with van der Waals surface area (Å²) in [5.41, 5.74) is -0.829. The maximum Gasteiger partial charge on any atom is 0.416 e. The van der Waals surface area contributed by atoms with Gasteiger partial charge in [-0.3, -0.25) is 19.3 Å². The number of para-hydroxylation sites is 1. The molecule has 3 aromatic rings. The van der Waals surface area contributed by atoms with Gasteiger partial charge in [-0.05, 0) is 55.5 Å². The van der Waals surface area contributed by atoms with E-state index in [9.17, 15) is 32.3 Å². The molecular weight excluding hydrogens is 531 g/mol. The van der Waals surface area contributed by atoms with Crippen LogP contribution in [0.2, 0.25) is 0 Å². The lowest BCUT2D eigenvalue weighted by Gasteiger charge is -2.19. The number of allylic oxidation sites excluding steroid dienone is 1. The van der Waals surface area contributed by atoms with Crippen molar-refractivity contribution in [1.29, 1.82) is 0 Å². The number of nitrogens with one attached hydrogen (secondary N) is 2. The number of alkyl halides is 3. The lowest BCUT2D eigenvalue weighted by molar-refractivity contribution is -0.137. The molecule has 206 valence electrons. The number of benzene rings is 2. The van der Waals surface area contributed by atoms with Crippen molar-refractivity contribution in [2.24, 2.45) is 0 Å². The third-order valence-corrected chi connectivity index (χ3v) is 5.85. The molecule has 4 rings (SSSR count). The zero-order chi connectivity index (χ0) is 29.0. The number of anilines is 2. The van der Waals surface area contributed by atoms with Gasteiger partial charge in [0.1, 0.15) is 11.5 Å². The van der Waals surface area contributed by atoms with Gasteiger partial charge in [-0.15, -0.1) is 0 Å². The Morgan fingerprint density at radius 2 is 1.73 bits per heavy atom. The van der Waals surface area contributed by atoms with Gasteiger partial charge in [0.05, 0.1) is 30.4 Å². The summed E-state index contributed by atoms with van der Waals surface area (Å²) in [5, 5.41) is 4.85. The number of methoxy groups -OCH3 is 1. The van der Waals surface area contributed by atoms with E-state index in [1.165, 1.54) is 31.2 Å². The molecule has 1 aliphatic heterocycles. The van der Waals surface area contributed by atoms with Crippen molar-refractivity contribution in [2.45, 2.75) is 19.6 Å². The van der Waals surface area contributed by atoms with E-state index < -0.39 is 35.4 Å². The van der Waals surface area contributed by atoms with Gasteiger partial charge < -0.3 is 19.8 Å². The second-order valence-corrected chi connectivity index (χ2v) is 8.51. The van der Waals surface area contributed by atoms with Crippen molar-refractivity contribution >= 4 is 41.1 Å². The average molecular weight is 553 g/mol. The van der Waals surface area contributed by atoms with Crippen LogP contribution >= 0.6 is 0 Å². The first kappa shape index (κ1) is 27.9. The minimum Gasteiger partial charge on any atom is -0.465 e. The van der Waals surface area contributed by atoms with Gasteiger partial charge in [0.25, 0.3) is 5.91 Å². The Hall–Kier alpha value is -5.13. The number of furan rings is 1. The molecule has 0 bridgehead atoms. The van der Waals surface area contributed by atoms with E-state index in [0.717, 1.165) is 30.2 Å². The van der Waals surface area contributed by atoms with E-state index in [1.807, 2.05) is 0 Å². The second-order valence-electron chi connectivity index (χ2n) is 8.51. The summed E-state index contributed by atoms with van der Waals surface area (Å²) in [7, 11) is 1.11. The number of hydrogen-bond donors (Lipinski definition) is 2. The van der Waals surface area contributed by atoms with Crippen molar-refractivity contribution in [3.05, 3.63) is 101 Å². The smallest absolute Gasteiger partial charge is 0.416 e. The fourth-order valence-electron chi connectivity index (χ4n) is 3.98. The summed E-state index contributed by atoms with van der Waals surface area (Å²) in [5.74, 6) is -3.07. The molecule has 0 radical (unpaired) electrons. The van der Waals surface area contributed by atoms with Crippen LogP contribution in [0.15, 0.2) is 88.0 Å². The van der Waals surface area contributed by atoms with Gasteiger partial charge in [-0.2, -0.15) is 13.2 Å². The quantitative estimate of drug-likeness (QED) is 0.265. The van der Waals surface area contributed by atoms with Gasteiger partial charge >= 0.3 is 24.0 Å².